The number of hydrogen-bond acceptors (Lipinski definition) is 3. The van der Waals surface area contributed by atoms with E-state index >= 15 is 0 Å². The molecule has 0 bridgehead atoms. The van der Waals surface area contributed by atoms with Gasteiger partial charge in [-0.3, -0.25) is 4.72 Å². The van der Waals surface area contributed by atoms with Crippen molar-refractivity contribution in [3.8, 4) is 0 Å². The zero-order valence-electron chi connectivity index (χ0n) is 9.57. The van der Waals surface area contributed by atoms with Crippen molar-refractivity contribution >= 4 is 31.6 Å². The number of imidazole rings is 1. The fourth-order valence-electron chi connectivity index (χ4n) is 1.41. The zero-order chi connectivity index (χ0) is 15.0. The minimum atomic E-state index is -4.59. The van der Waals surface area contributed by atoms with Crippen molar-refractivity contribution in [3.63, 3.8) is 0 Å². The monoisotopic (exact) mass is 369 g/mol. The van der Waals surface area contributed by atoms with Gasteiger partial charge in [-0.05, 0) is 18.2 Å². The van der Waals surface area contributed by atoms with Crippen LogP contribution in [0.1, 0.15) is 5.56 Å². The summed E-state index contributed by atoms with van der Waals surface area (Å²) in [6.07, 6.45) is -2.39. The van der Waals surface area contributed by atoms with E-state index in [1.165, 1.54) is 6.07 Å². The molecule has 1 aromatic carbocycles. The molecule has 0 aliphatic rings. The maximum Gasteiger partial charge on any atom is 0.417 e. The standard InChI is InChI=1S/C10H7BrF3N3O2S/c11-8-2-1-6(3-7(8)10(12,13)14)17-20(18,19)9-4-15-5-16-9/h1-5,17H,(H,15,16). The topological polar surface area (TPSA) is 74.8 Å². The molecule has 0 unspecified atom stereocenters. The van der Waals surface area contributed by atoms with E-state index in [9.17, 15) is 21.6 Å². The SMILES string of the molecule is O=S(=O)(Nc1ccc(Br)c(C(F)(F)F)c1)c1cnc[nH]1. The molecule has 1 aromatic heterocycles. The fourth-order valence-corrected chi connectivity index (χ4v) is 2.83. The molecule has 0 aliphatic carbocycles. The highest BCUT2D eigenvalue weighted by Gasteiger charge is 2.33. The van der Waals surface area contributed by atoms with Gasteiger partial charge in [-0.15, -0.1) is 0 Å². The molecular weight excluding hydrogens is 363 g/mol. The maximum atomic E-state index is 12.7. The molecule has 2 rings (SSSR count). The number of H-pyrrole nitrogens is 1. The molecule has 2 aromatic rings. The molecule has 0 amide bonds. The molecular formula is C10H7BrF3N3O2S. The molecule has 5 nitrogen and oxygen atoms in total. The molecule has 0 radical (unpaired) electrons. The summed E-state index contributed by atoms with van der Waals surface area (Å²) < 4.78 is 63.7. The van der Waals surface area contributed by atoms with Gasteiger partial charge in [-0.1, -0.05) is 15.9 Å². The number of aromatic nitrogens is 2. The summed E-state index contributed by atoms with van der Waals surface area (Å²) in [5.41, 5.74) is -1.17. The predicted molar refractivity (Wildman–Crippen MR) is 68.5 cm³/mol. The molecule has 0 fully saturated rings. The van der Waals surface area contributed by atoms with Gasteiger partial charge in [0.05, 0.1) is 18.1 Å². The van der Waals surface area contributed by atoms with E-state index in [2.05, 4.69) is 25.9 Å². The number of rotatable bonds is 3. The number of hydrogen-bond donors (Lipinski definition) is 2. The summed E-state index contributed by atoms with van der Waals surface area (Å²) in [6, 6.07) is 3.04. The minimum absolute atomic E-state index is 0.172. The van der Waals surface area contributed by atoms with Gasteiger partial charge in [-0.2, -0.15) is 21.6 Å². The Morgan fingerprint density at radius 2 is 2.00 bits per heavy atom. The first-order valence-electron chi connectivity index (χ1n) is 5.08. The van der Waals surface area contributed by atoms with E-state index in [-0.39, 0.29) is 15.2 Å². The number of aromatic amines is 1. The van der Waals surface area contributed by atoms with Gasteiger partial charge >= 0.3 is 6.18 Å². The third-order valence-corrected chi connectivity index (χ3v) is 4.28. The van der Waals surface area contributed by atoms with Crippen LogP contribution in [0.15, 0.2) is 40.2 Å². The second-order valence-corrected chi connectivity index (χ2v) is 6.22. The van der Waals surface area contributed by atoms with E-state index < -0.39 is 21.8 Å². The molecule has 1 heterocycles. The summed E-state index contributed by atoms with van der Waals surface area (Å²) in [6.45, 7) is 0. The van der Waals surface area contributed by atoms with Crippen molar-refractivity contribution < 1.29 is 21.6 Å². The predicted octanol–water partition coefficient (Wildman–Crippen LogP) is 2.99. The number of anilines is 1. The molecule has 108 valence electrons. The van der Waals surface area contributed by atoms with Crippen molar-refractivity contribution in [2.45, 2.75) is 11.2 Å². The summed E-state index contributed by atoms with van der Waals surface area (Å²) in [5.74, 6) is 0. The molecule has 0 aliphatic heterocycles. The average Bonchev–Trinajstić information content (AvgIpc) is 2.84. The Morgan fingerprint density at radius 1 is 1.30 bits per heavy atom. The second kappa shape index (κ2) is 5.09. The Balaban J connectivity index is 2.36. The van der Waals surface area contributed by atoms with E-state index in [1.807, 2.05) is 4.72 Å². The fraction of sp³-hybridized carbons (Fsp3) is 0.100. The quantitative estimate of drug-likeness (QED) is 0.873. The van der Waals surface area contributed by atoms with Gasteiger partial charge in [-0.25, -0.2) is 4.98 Å². The first-order chi connectivity index (χ1) is 9.20. The molecule has 0 saturated carbocycles. The van der Waals surface area contributed by atoms with Gasteiger partial charge in [0.15, 0.2) is 5.03 Å². The van der Waals surface area contributed by atoms with E-state index in [1.54, 1.807) is 0 Å². The summed E-state index contributed by atoms with van der Waals surface area (Å²) in [4.78, 5) is 5.90. The lowest BCUT2D eigenvalue weighted by atomic mass is 10.2. The Bertz CT molecular complexity index is 714. The van der Waals surface area contributed by atoms with Crippen LogP contribution in [0.5, 0.6) is 0 Å². The first kappa shape index (κ1) is 14.9. The highest BCUT2D eigenvalue weighted by Crippen LogP contribution is 2.36. The number of sulfonamides is 1. The van der Waals surface area contributed by atoms with Gasteiger partial charge < -0.3 is 4.98 Å². The van der Waals surface area contributed by atoms with Crippen LogP contribution < -0.4 is 4.72 Å². The Hall–Kier alpha value is -1.55. The lowest BCUT2D eigenvalue weighted by Crippen LogP contribution is -2.14. The second-order valence-electron chi connectivity index (χ2n) is 3.71. The number of nitrogens with zero attached hydrogens (tertiary/aromatic N) is 1. The maximum absolute atomic E-state index is 12.7. The molecule has 0 spiro atoms. The lowest BCUT2D eigenvalue weighted by Gasteiger charge is -2.12. The third-order valence-electron chi connectivity index (χ3n) is 2.29. The summed E-state index contributed by atoms with van der Waals surface area (Å²) >= 11 is 2.77. The molecule has 0 atom stereocenters. The van der Waals surface area contributed by atoms with Gasteiger partial charge in [0.25, 0.3) is 10.0 Å². The largest absolute Gasteiger partial charge is 0.417 e. The Morgan fingerprint density at radius 3 is 2.55 bits per heavy atom. The van der Waals surface area contributed by atoms with Crippen LogP contribution in [0.2, 0.25) is 0 Å². The van der Waals surface area contributed by atoms with Crippen LogP contribution in [-0.2, 0) is 16.2 Å². The number of nitrogens with one attached hydrogen (secondary N) is 2. The lowest BCUT2D eigenvalue weighted by molar-refractivity contribution is -0.138. The zero-order valence-corrected chi connectivity index (χ0v) is 12.0. The normalized spacial score (nSPS) is 12.4. The molecule has 20 heavy (non-hydrogen) atoms. The highest BCUT2D eigenvalue weighted by molar-refractivity contribution is 9.10. The Labute approximate surface area is 120 Å². The van der Waals surface area contributed by atoms with Crippen LogP contribution in [-0.4, -0.2) is 18.4 Å². The van der Waals surface area contributed by atoms with Crippen LogP contribution in [0.4, 0.5) is 18.9 Å². The highest BCUT2D eigenvalue weighted by atomic mass is 79.9. The molecule has 0 saturated heterocycles. The van der Waals surface area contributed by atoms with E-state index in [4.69, 9.17) is 0 Å². The van der Waals surface area contributed by atoms with Gasteiger partial charge in [0.1, 0.15) is 0 Å². The van der Waals surface area contributed by atoms with Crippen molar-refractivity contribution in [2.75, 3.05) is 4.72 Å². The molecule has 2 N–H and O–H groups in total. The first-order valence-corrected chi connectivity index (χ1v) is 7.36. The van der Waals surface area contributed by atoms with Crippen molar-refractivity contribution in [1.29, 1.82) is 0 Å². The average molecular weight is 370 g/mol. The van der Waals surface area contributed by atoms with Gasteiger partial charge in [0, 0.05) is 10.2 Å². The summed E-state index contributed by atoms with van der Waals surface area (Å²) in [7, 11) is -4.00. The van der Waals surface area contributed by atoms with Crippen LogP contribution >= 0.6 is 15.9 Å². The summed E-state index contributed by atoms with van der Waals surface area (Å²) in [5, 5.41) is -0.242. The minimum Gasteiger partial charge on any atom is -0.334 e. The van der Waals surface area contributed by atoms with Crippen molar-refractivity contribution in [2.24, 2.45) is 0 Å². The van der Waals surface area contributed by atoms with Crippen LogP contribution in [0.3, 0.4) is 0 Å². The van der Waals surface area contributed by atoms with E-state index in [0.29, 0.717) is 6.07 Å². The van der Waals surface area contributed by atoms with Crippen molar-refractivity contribution in [1.82, 2.24) is 9.97 Å². The van der Waals surface area contributed by atoms with Crippen LogP contribution in [0.25, 0.3) is 0 Å². The third kappa shape index (κ3) is 3.12. The van der Waals surface area contributed by atoms with E-state index in [0.717, 1.165) is 18.6 Å². The molecule has 10 heteroatoms. The van der Waals surface area contributed by atoms with Crippen LogP contribution in [0, 0.1) is 0 Å². The smallest absolute Gasteiger partial charge is 0.334 e. The number of alkyl halides is 3. The Kier molecular flexibility index (Phi) is 3.78. The number of halogens is 4. The van der Waals surface area contributed by atoms with Crippen molar-refractivity contribution in [3.05, 3.63) is 40.8 Å². The number of benzene rings is 1. The van der Waals surface area contributed by atoms with Gasteiger partial charge in [0.2, 0.25) is 0 Å².